The summed E-state index contributed by atoms with van der Waals surface area (Å²) in [4.78, 5) is 18.2. The highest BCUT2D eigenvalue weighted by atomic mass is 32.2. The summed E-state index contributed by atoms with van der Waals surface area (Å²) in [6.45, 7) is 4.38. The zero-order valence-corrected chi connectivity index (χ0v) is 19.0. The number of anilines is 2. The van der Waals surface area contributed by atoms with Crippen LogP contribution in [0, 0.1) is 0 Å². The van der Waals surface area contributed by atoms with Crippen molar-refractivity contribution in [3.63, 3.8) is 0 Å². The van der Waals surface area contributed by atoms with Crippen LogP contribution in [0.5, 0.6) is 0 Å². The normalized spacial score (nSPS) is 15.7. The van der Waals surface area contributed by atoms with Crippen molar-refractivity contribution < 1.29 is 13.2 Å². The number of fused-ring (bicyclic) bond motifs is 1. The number of sulfonamides is 1. The molecule has 2 amide bonds. The molecule has 4 aromatic rings. The van der Waals surface area contributed by atoms with Crippen molar-refractivity contribution in [3.8, 4) is 5.82 Å². The van der Waals surface area contributed by atoms with Crippen LogP contribution in [0.15, 0.2) is 60.0 Å². The Morgan fingerprint density at radius 2 is 1.97 bits per heavy atom. The number of amides is 2. The molecular formula is C21H22N8O3S. The summed E-state index contributed by atoms with van der Waals surface area (Å²) in [6.07, 6.45) is 5.86. The topological polar surface area (TPSA) is 127 Å². The zero-order chi connectivity index (χ0) is 23.4. The van der Waals surface area contributed by atoms with E-state index in [9.17, 15) is 13.2 Å². The summed E-state index contributed by atoms with van der Waals surface area (Å²) in [5.41, 5.74) is 1.39. The van der Waals surface area contributed by atoms with Crippen LogP contribution in [0.3, 0.4) is 0 Å². The second-order valence-corrected chi connectivity index (χ2v) is 10.2. The number of urea groups is 1. The van der Waals surface area contributed by atoms with E-state index in [1.807, 2.05) is 19.9 Å². The summed E-state index contributed by atoms with van der Waals surface area (Å²) >= 11 is 0. The third kappa shape index (κ3) is 3.78. The van der Waals surface area contributed by atoms with Gasteiger partial charge in [0.1, 0.15) is 4.90 Å². The highest BCUT2D eigenvalue weighted by Gasteiger charge is 2.35. The molecule has 0 bridgehead atoms. The van der Waals surface area contributed by atoms with Crippen LogP contribution in [-0.2, 0) is 17.1 Å². The standard InChI is InChI=1S/C21H22N8O3S/c1-21(2)13-28(20(30)25-21)15-7-8-22-18(9-15)29-12-16(11-24-29)33(31,32)26-17-6-4-5-14-10-23-27(3)19(14)17/h4-12,26H,13H2,1-3H3,(H,25,30). The van der Waals surface area contributed by atoms with Gasteiger partial charge in [-0.1, -0.05) is 12.1 Å². The smallest absolute Gasteiger partial charge is 0.322 e. The van der Waals surface area contributed by atoms with E-state index in [1.54, 1.807) is 53.3 Å². The molecule has 11 nitrogen and oxygen atoms in total. The van der Waals surface area contributed by atoms with Crippen LogP contribution in [0.4, 0.5) is 16.2 Å². The van der Waals surface area contributed by atoms with Crippen molar-refractivity contribution in [3.05, 3.63) is 55.1 Å². The van der Waals surface area contributed by atoms with Gasteiger partial charge in [-0.25, -0.2) is 22.9 Å². The summed E-state index contributed by atoms with van der Waals surface area (Å²) in [6, 6.07) is 8.51. The maximum Gasteiger partial charge on any atom is 0.322 e. The third-order valence-electron chi connectivity index (χ3n) is 5.39. The summed E-state index contributed by atoms with van der Waals surface area (Å²) in [5.74, 6) is 0.389. The number of benzene rings is 1. The van der Waals surface area contributed by atoms with Gasteiger partial charge in [-0.15, -0.1) is 0 Å². The van der Waals surface area contributed by atoms with E-state index in [1.165, 1.54) is 17.1 Å². The van der Waals surface area contributed by atoms with E-state index >= 15 is 0 Å². The van der Waals surface area contributed by atoms with Crippen molar-refractivity contribution in [2.24, 2.45) is 7.05 Å². The van der Waals surface area contributed by atoms with E-state index in [2.05, 4.69) is 25.2 Å². The fourth-order valence-corrected chi connectivity index (χ4v) is 4.86. The van der Waals surface area contributed by atoms with Gasteiger partial charge in [0.05, 0.1) is 47.6 Å². The lowest BCUT2D eigenvalue weighted by Crippen LogP contribution is -2.36. The van der Waals surface area contributed by atoms with Crippen LogP contribution in [0.2, 0.25) is 0 Å². The maximum absolute atomic E-state index is 13.0. The minimum absolute atomic E-state index is 0.0195. The van der Waals surface area contributed by atoms with Crippen molar-refractivity contribution in [1.29, 1.82) is 0 Å². The number of pyridine rings is 1. The van der Waals surface area contributed by atoms with Crippen molar-refractivity contribution in [2.75, 3.05) is 16.2 Å². The molecule has 1 fully saturated rings. The highest BCUT2D eigenvalue weighted by molar-refractivity contribution is 7.92. The van der Waals surface area contributed by atoms with E-state index in [0.717, 1.165) is 5.39 Å². The van der Waals surface area contributed by atoms with E-state index in [-0.39, 0.29) is 16.5 Å². The summed E-state index contributed by atoms with van der Waals surface area (Å²) < 4.78 is 31.7. The average molecular weight is 467 g/mol. The Labute approximate surface area is 190 Å². The molecule has 33 heavy (non-hydrogen) atoms. The number of hydrogen-bond donors (Lipinski definition) is 2. The molecule has 1 saturated heterocycles. The number of para-hydroxylation sites is 1. The second-order valence-electron chi connectivity index (χ2n) is 8.51. The number of carbonyl (C=O) groups is 1. The highest BCUT2D eigenvalue weighted by Crippen LogP contribution is 2.26. The van der Waals surface area contributed by atoms with E-state index in [0.29, 0.717) is 29.3 Å². The first kappa shape index (κ1) is 20.9. The fraction of sp³-hybridized carbons (Fsp3) is 0.238. The average Bonchev–Trinajstić information content (AvgIpc) is 3.46. The predicted molar refractivity (Wildman–Crippen MR) is 123 cm³/mol. The third-order valence-corrected chi connectivity index (χ3v) is 6.71. The van der Waals surface area contributed by atoms with Crippen LogP contribution in [-0.4, -0.2) is 51.1 Å². The number of carbonyl (C=O) groups excluding carboxylic acids is 1. The lowest BCUT2D eigenvalue weighted by Gasteiger charge is -2.18. The van der Waals surface area contributed by atoms with Crippen molar-refractivity contribution in [2.45, 2.75) is 24.3 Å². The first-order valence-corrected chi connectivity index (χ1v) is 11.7. The molecule has 3 aromatic heterocycles. The van der Waals surface area contributed by atoms with Gasteiger partial charge in [-0.3, -0.25) is 14.3 Å². The molecule has 1 aliphatic rings. The lowest BCUT2D eigenvalue weighted by molar-refractivity contribution is 0.248. The summed E-state index contributed by atoms with van der Waals surface area (Å²) in [7, 11) is -2.16. The molecule has 1 aromatic carbocycles. The number of aryl methyl sites for hydroxylation is 1. The van der Waals surface area contributed by atoms with E-state index < -0.39 is 10.0 Å². The minimum atomic E-state index is -3.91. The Bertz CT molecular complexity index is 1490. The molecule has 0 atom stereocenters. The molecule has 0 radical (unpaired) electrons. The van der Waals surface area contributed by atoms with Gasteiger partial charge in [0.15, 0.2) is 5.82 Å². The van der Waals surface area contributed by atoms with Gasteiger partial charge in [0.25, 0.3) is 10.0 Å². The molecule has 4 heterocycles. The quantitative estimate of drug-likeness (QED) is 0.465. The van der Waals surface area contributed by atoms with Gasteiger partial charge in [0, 0.05) is 24.7 Å². The number of aromatic nitrogens is 5. The van der Waals surface area contributed by atoms with Gasteiger partial charge in [-0.05, 0) is 26.0 Å². The van der Waals surface area contributed by atoms with E-state index in [4.69, 9.17) is 0 Å². The van der Waals surface area contributed by atoms with Gasteiger partial charge >= 0.3 is 6.03 Å². The lowest BCUT2D eigenvalue weighted by atomic mass is 10.1. The second kappa shape index (κ2) is 7.30. The van der Waals surface area contributed by atoms with Gasteiger partial charge in [-0.2, -0.15) is 10.2 Å². The Morgan fingerprint density at radius 3 is 2.73 bits per heavy atom. The zero-order valence-electron chi connectivity index (χ0n) is 18.2. The molecule has 0 unspecified atom stereocenters. The number of nitrogens with zero attached hydrogens (tertiary/aromatic N) is 6. The first-order chi connectivity index (χ1) is 15.6. The summed E-state index contributed by atoms with van der Waals surface area (Å²) in [5, 5.41) is 12.1. The molecule has 170 valence electrons. The van der Waals surface area contributed by atoms with Gasteiger partial charge in [0.2, 0.25) is 0 Å². The van der Waals surface area contributed by atoms with Crippen molar-refractivity contribution >= 4 is 38.3 Å². The monoisotopic (exact) mass is 466 g/mol. The van der Waals surface area contributed by atoms with Crippen molar-refractivity contribution in [1.82, 2.24) is 29.9 Å². The molecular weight excluding hydrogens is 444 g/mol. The minimum Gasteiger partial charge on any atom is -0.331 e. The Balaban J connectivity index is 1.43. The fourth-order valence-electron chi connectivity index (χ4n) is 3.86. The maximum atomic E-state index is 13.0. The number of nitrogens with one attached hydrogen (secondary N) is 2. The number of hydrogen-bond acceptors (Lipinski definition) is 6. The SMILES string of the molecule is Cn1ncc2cccc(NS(=O)(=O)c3cnn(-c4cc(N5CC(C)(C)NC5=O)ccn4)c3)c21. The van der Waals surface area contributed by atoms with Crippen LogP contribution < -0.4 is 14.9 Å². The molecule has 0 aliphatic carbocycles. The molecule has 0 saturated carbocycles. The largest absolute Gasteiger partial charge is 0.331 e. The molecule has 0 spiro atoms. The molecule has 2 N–H and O–H groups in total. The Kier molecular flexibility index (Phi) is 4.64. The predicted octanol–water partition coefficient (Wildman–Crippen LogP) is 2.26. The first-order valence-electron chi connectivity index (χ1n) is 10.2. The molecule has 12 heteroatoms. The number of rotatable bonds is 5. The van der Waals surface area contributed by atoms with Gasteiger partial charge < -0.3 is 5.32 Å². The Hall–Kier alpha value is -3.93. The molecule has 5 rings (SSSR count). The van der Waals surface area contributed by atoms with Crippen LogP contribution in [0.25, 0.3) is 16.7 Å². The molecule has 1 aliphatic heterocycles. The Morgan fingerprint density at radius 1 is 1.15 bits per heavy atom. The van der Waals surface area contributed by atoms with Crippen LogP contribution in [0.1, 0.15) is 13.8 Å². The van der Waals surface area contributed by atoms with Crippen LogP contribution >= 0.6 is 0 Å².